The first-order valence-corrected chi connectivity index (χ1v) is 22.8. The highest BCUT2D eigenvalue weighted by molar-refractivity contribution is 7.26. The molecule has 0 unspecified atom stereocenters. The summed E-state index contributed by atoms with van der Waals surface area (Å²) >= 11 is 1.96. The van der Waals surface area contributed by atoms with Crippen molar-refractivity contribution in [3.63, 3.8) is 0 Å². The summed E-state index contributed by atoms with van der Waals surface area (Å²) in [5.74, 6) is 0. The fourth-order valence-electron chi connectivity index (χ4n) is 11.8. The molecule has 4 aliphatic rings. The Labute approximate surface area is 359 Å². The third-order valence-corrected chi connectivity index (χ3v) is 16.5. The molecule has 0 saturated heterocycles. The van der Waals surface area contributed by atoms with Crippen molar-refractivity contribution >= 4 is 78.2 Å². The van der Waals surface area contributed by atoms with Crippen LogP contribution in [-0.4, -0.2) is 7.28 Å². The van der Waals surface area contributed by atoms with Gasteiger partial charge in [0.15, 0.2) is 7.28 Å². The largest absolute Gasteiger partial charge is 0.355 e. The summed E-state index contributed by atoms with van der Waals surface area (Å²) < 4.78 is 2.70. The number of fused-ring (bicyclic) bond motifs is 11. The van der Waals surface area contributed by atoms with Gasteiger partial charge in [-0.3, -0.25) is 0 Å². The van der Waals surface area contributed by atoms with Crippen molar-refractivity contribution in [2.75, 3.05) is 10.2 Å². The van der Waals surface area contributed by atoms with E-state index in [1.165, 1.54) is 122 Å². The van der Waals surface area contributed by atoms with Gasteiger partial charge in [-0.1, -0.05) is 146 Å². The van der Waals surface area contributed by atoms with Gasteiger partial charge in [-0.05, 0) is 122 Å². The topological polar surface area (TPSA) is 15.3 Å². The Balaban J connectivity index is 1.18. The summed E-state index contributed by atoms with van der Waals surface area (Å²) in [6, 6.07) is 49.2. The zero-order chi connectivity index (χ0) is 41.1. The highest BCUT2D eigenvalue weighted by atomic mass is 32.1. The number of anilines is 5. The van der Waals surface area contributed by atoms with Crippen molar-refractivity contribution in [3.05, 3.63) is 161 Å². The van der Waals surface area contributed by atoms with E-state index in [0.717, 1.165) is 13.0 Å². The fraction of sp³-hybridized carbons (Fsp3) is 0.250. The molecule has 0 atom stereocenters. The molecule has 4 heteroatoms. The number of nitrogens with one attached hydrogen (secondary N) is 1. The van der Waals surface area contributed by atoms with Crippen LogP contribution in [0.25, 0.3) is 42.4 Å². The molecule has 0 fully saturated rings. The van der Waals surface area contributed by atoms with Crippen LogP contribution in [0.1, 0.15) is 102 Å². The summed E-state index contributed by atoms with van der Waals surface area (Å²) in [6.07, 6.45) is 2.39. The first-order valence-electron chi connectivity index (χ1n) is 21.9. The molecular weight excluding hydrogens is 744 g/mol. The molecule has 2 aliphatic carbocycles. The Morgan fingerprint density at radius 3 is 2.07 bits per heavy atom. The Kier molecular flexibility index (Phi) is 7.28. The van der Waals surface area contributed by atoms with Crippen molar-refractivity contribution in [3.8, 4) is 22.3 Å². The van der Waals surface area contributed by atoms with Gasteiger partial charge in [-0.2, -0.15) is 0 Å². The minimum atomic E-state index is -0.145. The summed E-state index contributed by atoms with van der Waals surface area (Å²) in [5, 5.41) is 6.82. The second kappa shape index (κ2) is 12.0. The van der Waals surface area contributed by atoms with E-state index in [4.69, 9.17) is 0 Å². The number of thiophene rings is 1. The van der Waals surface area contributed by atoms with Crippen LogP contribution in [0.2, 0.25) is 0 Å². The Morgan fingerprint density at radius 2 is 1.23 bits per heavy atom. The minimum Gasteiger partial charge on any atom is -0.355 e. The zero-order valence-corrected chi connectivity index (χ0v) is 36.9. The molecular formula is C56H51BN2S. The lowest BCUT2D eigenvalue weighted by molar-refractivity contribution is 0.332. The molecule has 60 heavy (non-hydrogen) atoms. The maximum atomic E-state index is 4.16. The zero-order valence-electron chi connectivity index (χ0n) is 36.1. The molecule has 0 radical (unpaired) electrons. The molecule has 0 amide bonds. The number of benzene rings is 7. The van der Waals surface area contributed by atoms with Gasteiger partial charge in [0.1, 0.15) is 0 Å². The van der Waals surface area contributed by atoms with Gasteiger partial charge in [0.05, 0.1) is 5.69 Å². The average molecular weight is 795 g/mol. The van der Waals surface area contributed by atoms with Gasteiger partial charge in [0, 0.05) is 59.3 Å². The lowest BCUT2D eigenvalue weighted by Crippen LogP contribution is -2.45. The second-order valence-electron chi connectivity index (χ2n) is 20.5. The Morgan fingerprint density at radius 1 is 0.533 bits per heavy atom. The van der Waals surface area contributed by atoms with E-state index in [1.54, 1.807) is 0 Å². The van der Waals surface area contributed by atoms with Gasteiger partial charge in [0.25, 0.3) is 0 Å². The average Bonchev–Trinajstić information content (AvgIpc) is 3.71. The third kappa shape index (κ3) is 4.83. The summed E-state index contributed by atoms with van der Waals surface area (Å²) in [6.45, 7) is 19.3. The minimum absolute atomic E-state index is 0.111. The standard InChI is InChI=1S/C56H51BN2S/c1-53(2)26-27-54(3,4)43-28-32(24-25-39(43)53)58-45-30-35-33-16-9-11-18-38(33)55(5,6)42(35)29-37(45)49-50-47(31-36-34-17-10-14-23-48(34)60-52(36)49)59-46-22-13-12-19-40(46)56(7,8)41-20-15-21-44(57-50)51(41)59/h9-25,28-31,57-58H,26-27H2,1-8H3. The van der Waals surface area contributed by atoms with Crippen LogP contribution in [0.3, 0.4) is 0 Å². The van der Waals surface area contributed by atoms with Gasteiger partial charge >= 0.3 is 0 Å². The lowest BCUT2D eigenvalue weighted by Gasteiger charge is -2.46. The molecule has 0 spiro atoms. The van der Waals surface area contributed by atoms with Crippen LogP contribution in [-0.2, 0) is 21.7 Å². The lowest BCUT2D eigenvalue weighted by atomic mass is 9.55. The first-order chi connectivity index (χ1) is 28.7. The van der Waals surface area contributed by atoms with E-state index < -0.39 is 0 Å². The number of hydrogen-bond acceptors (Lipinski definition) is 3. The first kappa shape index (κ1) is 36.3. The molecule has 2 aliphatic heterocycles. The predicted molar refractivity (Wildman–Crippen MR) is 261 cm³/mol. The Bertz CT molecular complexity index is 3180. The quantitative estimate of drug-likeness (QED) is 0.179. The summed E-state index contributed by atoms with van der Waals surface area (Å²) in [7, 11) is 0.870. The highest BCUT2D eigenvalue weighted by Crippen LogP contribution is 2.56. The van der Waals surface area contributed by atoms with Crippen molar-refractivity contribution in [1.29, 1.82) is 0 Å². The van der Waals surface area contributed by atoms with Crippen LogP contribution in [0.15, 0.2) is 127 Å². The second-order valence-corrected chi connectivity index (χ2v) is 21.5. The van der Waals surface area contributed by atoms with Crippen molar-refractivity contribution in [2.45, 2.75) is 89.9 Å². The molecule has 1 N–H and O–H groups in total. The van der Waals surface area contributed by atoms with Crippen LogP contribution in [0, 0.1) is 0 Å². The Hall–Kier alpha value is -5.58. The van der Waals surface area contributed by atoms with E-state index in [1.807, 2.05) is 11.3 Å². The van der Waals surface area contributed by atoms with Gasteiger partial charge in [-0.15, -0.1) is 11.3 Å². The van der Waals surface area contributed by atoms with Gasteiger partial charge < -0.3 is 10.2 Å². The molecule has 12 rings (SSSR count). The molecule has 3 heterocycles. The predicted octanol–water partition coefficient (Wildman–Crippen LogP) is 13.9. The maximum absolute atomic E-state index is 4.16. The van der Waals surface area contributed by atoms with Crippen molar-refractivity contribution in [1.82, 2.24) is 0 Å². The molecule has 0 saturated carbocycles. The van der Waals surface area contributed by atoms with E-state index in [-0.39, 0.29) is 21.7 Å². The number of para-hydroxylation sites is 2. The summed E-state index contributed by atoms with van der Waals surface area (Å²) in [5.41, 5.74) is 22.9. The van der Waals surface area contributed by atoms with E-state index in [0.29, 0.717) is 0 Å². The number of hydrogen-bond donors (Lipinski definition) is 1. The van der Waals surface area contributed by atoms with Crippen LogP contribution < -0.4 is 21.1 Å². The number of rotatable bonds is 3. The van der Waals surface area contributed by atoms with Gasteiger partial charge in [-0.25, -0.2) is 0 Å². The highest BCUT2D eigenvalue weighted by Gasteiger charge is 2.43. The third-order valence-electron chi connectivity index (χ3n) is 15.3. The van der Waals surface area contributed by atoms with Crippen LogP contribution in [0.4, 0.5) is 28.4 Å². The summed E-state index contributed by atoms with van der Waals surface area (Å²) in [4.78, 5) is 2.63. The van der Waals surface area contributed by atoms with Crippen molar-refractivity contribution in [2.24, 2.45) is 0 Å². The SMILES string of the molecule is CC1(C)CCC(C)(C)c2cc(Nc3cc4c(cc3-c3c5c(cc6c3sc3ccccc36)N3c6ccccc6C(C)(C)c6cccc(c63)B5)C(C)(C)c3ccccc3-4)ccc21. The van der Waals surface area contributed by atoms with E-state index >= 15 is 0 Å². The van der Waals surface area contributed by atoms with Crippen molar-refractivity contribution < 1.29 is 0 Å². The molecule has 294 valence electrons. The monoisotopic (exact) mass is 794 g/mol. The van der Waals surface area contributed by atoms with Crippen LogP contribution >= 0.6 is 11.3 Å². The molecule has 1 aromatic heterocycles. The maximum Gasteiger partial charge on any atom is 0.198 e. The molecule has 0 bridgehead atoms. The molecule has 7 aromatic carbocycles. The smallest absolute Gasteiger partial charge is 0.198 e. The van der Waals surface area contributed by atoms with Gasteiger partial charge in [0.2, 0.25) is 0 Å². The van der Waals surface area contributed by atoms with E-state index in [2.05, 4.69) is 193 Å². The number of nitrogens with zero attached hydrogens (tertiary/aromatic N) is 1. The van der Waals surface area contributed by atoms with Crippen LogP contribution in [0.5, 0.6) is 0 Å². The molecule has 2 nitrogen and oxygen atoms in total. The normalized spacial score (nSPS) is 17.8. The van der Waals surface area contributed by atoms with E-state index in [9.17, 15) is 0 Å². The fourth-order valence-corrected chi connectivity index (χ4v) is 13.1. The molecule has 8 aromatic rings.